The summed E-state index contributed by atoms with van der Waals surface area (Å²) in [5, 5.41) is 5.08. The molecule has 114 valence electrons. The number of halogens is 2. The summed E-state index contributed by atoms with van der Waals surface area (Å²) in [6.07, 6.45) is 0. The van der Waals surface area contributed by atoms with Crippen LogP contribution in [-0.2, 0) is 19.1 Å². The summed E-state index contributed by atoms with van der Waals surface area (Å²) < 4.78 is 8.80. The molecule has 21 heavy (non-hydrogen) atoms. The topological polar surface area (TPSA) is 93.7 Å². The van der Waals surface area contributed by atoms with Gasteiger partial charge in [0.2, 0.25) is 6.04 Å². The lowest BCUT2D eigenvalue weighted by Gasteiger charge is -2.15. The Balaban J connectivity index is 2.75. The number of hydrogen-bond donors (Lipinski definition) is 2. The molecule has 0 bridgehead atoms. The molecule has 0 saturated carbocycles. The highest BCUT2D eigenvalue weighted by molar-refractivity contribution is 6.42. The van der Waals surface area contributed by atoms with Gasteiger partial charge in [-0.2, -0.15) is 0 Å². The number of ether oxygens (including phenoxy) is 2. The van der Waals surface area contributed by atoms with E-state index in [9.17, 15) is 14.4 Å². The molecular formula is C12H12Cl2N2O5. The average molecular weight is 335 g/mol. The van der Waals surface area contributed by atoms with Gasteiger partial charge in [-0.15, -0.1) is 0 Å². The van der Waals surface area contributed by atoms with Gasteiger partial charge in [-0.3, -0.25) is 0 Å². The molecule has 0 aromatic heterocycles. The molecule has 0 spiro atoms. The van der Waals surface area contributed by atoms with E-state index >= 15 is 0 Å². The number of urea groups is 1. The van der Waals surface area contributed by atoms with Crippen LogP contribution in [0.5, 0.6) is 0 Å². The lowest BCUT2D eigenvalue weighted by atomic mass is 10.3. The first-order valence-electron chi connectivity index (χ1n) is 5.57. The van der Waals surface area contributed by atoms with Crippen molar-refractivity contribution >= 4 is 46.9 Å². The van der Waals surface area contributed by atoms with Crippen molar-refractivity contribution in [3.63, 3.8) is 0 Å². The fourth-order valence-corrected chi connectivity index (χ4v) is 1.62. The summed E-state index contributed by atoms with van der Waals surface area (Å²) in [7, 11) is 2.16. The van der Waals surface area contributed by atoms with Crippen molar-refractivity contribution in [2.75, 3.05) is 19.5 Å². The number of methoxy groups -OCH3 is 2. The molecule has 0 radical (unpaired) electrons. The van der Waals surface area contributed by atoms with E-state index in [1.165, 1.54) is 18.2 Å². The number of benzene rings is 1. The second-order valence-electron chi connectivity index (χ2n) is 3.71. The summed E-state index contributed by atoms with van der Waals surface area (Å²) >= 11 is 11.5. The Bertz CT molecular complexity index is 549. The van der Waals surface area contributed by atoms with Crippen molar-refractivity contribution in [2.24, 2.45) is 0 Å². The molecule has 2 N–H and O–H groups in total. The van der Waals surface area contributed by atoms with Crippen molar-refractivity contribution in [1.29, 1.82) is 0 Å². The maximum atomic E-state index is 11.7. The molecule has 0 heterocycles. The molecule has 2 amide bonds. The fraction of sp³-hybridized carbons (Fsp3) is 0.250. The van der Waals surface area contributed by atoms with Crippen LogP contribution >= 0.6 is 23.2 Å². The maximum Gasteiger partial charge on any atom is 0.340 e. The maximum absolute atomic E-state index is 11.7. The van der Waals surface area contributed by atoms with Gasteiger partial charge in [0.05, 0.1) is 24.3 Å². The van der Waals surface area contributed by atoms with Gasteiger partial charge in [-0.05, 0) is 18.2 Å². The van der Waals surface area contributed by atoms with Crippen LogP contribution in [0.1, 0.15) is 0 Å². The van der Waals surface area contributed by atoms with Crippen LogP contribution in [0, 0.1) is 0 Å². The van der Waals surface area contributed by atoms with Crippen LogP contribution < -0.4 is 10.6 Å². The molecule has 0 aliphatic rings. The van der Waals surface area contributed by atoms with E-state index in [0.717, 1.165) is 14.2 Å². The fourth-order valence-electron chi connectivity index (χ4n) is 1.32. The number of rotatable bonds is 4. The zero-order valence-electron chi connectivity index (χ0n) is 11.1. The van der Waals surface area contributed by atoms with Crippen LogP contribution in [0.4, 0.5) is 10.5 Å². The third-order valence-corrected chi connectivity index (χ3v) is 3.07. The van der Waals surface area contributed by atoms with E-state index in [1.807, 2.05) is 0 Å². The lowest BCUT2D eigenvalue weighted by Crippen LogP contribution is -2.49. The van der Waals surface area contributed by atoms with Crippen molar-refractivity contribution in [3.05, 3.63) is 28.2 Å². The second-order valence-corrected chi connectivity index (χ2v) is 4.52. The van der Waals surface area contributed by atoms with E-state index in [0.29, 0.717) is 10.7 Å². The van der Waals surface area contributed by atoms with Gasteiger partial charge in [0.25, 0.3) is 0 Å². The summed E-state index contributed by atoms with van der Waals surface area (Å²) in [5.41, 5.74) is 0.329. The van der Waals surface area contributed by atoms with Gasteiger partial charge >= 0.3 is 18.0 Å². The molecule has 1 aromatic carbocycles. The minimum atomic E-state index is -1.57. The van der Waals surface area contributed by atoms with Crippen LogP contribution in [0.3, 0.4) is 0 Å². The Morgan fingerprint density at radius 2 is 1.62 bits per heavy atom. The molecule has 0 aliphatic carbocycles. The highest BCUT2D eigenvalue weighted by Crippen LogP contribution is 2.24. The molecule has 7 nitrogen and oxygen atoms in total. The van der Waals surface area contributed by atoms with Crippen LogP contribution in [-0.4, -0.2) is 38.2 Å². The number of carbonyl (C=O) groups is 3. The standard InChI is InChI=1S/C12H12Cl2N2O5/c1-20-10(17)9(11(18)21-2)16-12(19)15-6-3-4-7(13)8(14)5-6/h3-5,9H,1-2H3,(H2,15,16,19). The molecule has 0 fully saturated rings. The number of amides is 2. The molecular weight excluding hydrogens is 323 g/mol. The minimum absolute atomic E-state index is 0.243. The normalized spacial score (nSPS) is 9.95. The zero-order chi connectivity index (χ0) is 16.0. The van der Waals surface area contributed by atoms with Crippen LogP contribution in [0.25, 0.3) is 0 Å². The molecule has 0 atom stereocenters. The monoisotopic (exact) mass is 334 g/mol. The predicted molar refractivity (Wildman–Crippen MR) is 76.4 cm³/mol. The first-order valence-corrected chi connectivity index (χ1v) is 6.33. The van der Waals surface area contributed by atoms with E-state index in [-0.39, 0.29) is 5.02 Å². The van der Waals surface area contributed by atoms with Gasteiger partial charge in [-0.1, -0.05) is 23.2 Å². The Hall–Kier alpha value is -1.99. The molecule has 0 aliphatic heterocycles. The van der Waals surface area contributed by atoms with Gasteiger partial charge in [0.15, 0.2) is 0 Å². The number of esters is 2. The minimum Gasteiger partial charge on any atom is -0.467 e. The molecule has 0 saturated heterocycles. The largest absolute Gasteiger partial charge is 0.467 e. The third-order valence-electron chi connectivity index (χ3n) is 2.33. The average Bonchev–Trinajstić information content (AvgIpc) is 2.47. The molecule has 0 unspecified atom stereocenters. The Kier molecular flexibility index (Phi) is 6.26. The van der Waals surface area contributed by atoms with Gasteiger partial charge < -0.3 is 20.1 Å². The van der Waals surface area contributed by atoms with Gasteiger partial charge in [0.1, 0.15) is 0 Å². The molecule has 1 aromatic rings. The van der Waals surface area contributed by atoms with Gasteiger partial charge in [-0.25, -0.2) is 14.4 Å². The first kappa shape index (κ1) is 17.1. The van der Waals surface area contributed by atoms with Crippen molar-refractivity contribution < 1.29 is 23.9 Å². The summed E-state index contributed by atoms with van der Waals surface area (Å²) in [6, 6.07) is 2.02. The first-order chi connectivity index (χ1) is 9.88. The van der Waals surface area contributed by atoms with E-state index in [4.69, 9.17) is 23.2 Å². The van der Waals surface area contributed by atoms with Crippen molar-refractivity contribution in [1.82, 2.24) is 5.32 Å². The molecule has 1 rings (SSSR count). The van der Waals surface area contributed by atoms with E-state index in [2.05, 4.69) is 20.1 Å². The van der Waals surface area contributed by atoms with Gasteiger partial charge in [0, 0.05) is 5.69 Å². The third kappa shape index (κ3) is 4.80. The number of carbonyl (C=O) groups excluding carboxylic acids is 3. The Morgan fingerprint density at radius 3 is 2.10 bits per heavy atom. The van der Waals surface area contributed by atoms with Crippen LogP contribution in [0.2, 0.25) is 10.0 Å². The second kappa shape index (κ2) is 7.70. The summed E-state index contributed by atoms with van der Waals surface area (Å²) in [5.74, 6) is -1.91. The number of hydrogen-bond acceptors (Lipinski definition) is 5. The van der Waals surface area contributed by atoms with Crippen LogP contribution in [0.15, 0.2) is 18.2 Å². The van der Waals surface area contributed by atoms with E-state index in [1.54, 1.807) is 0 Å². The van der Waals surface area contributed by atoms with E-state index < -0.39 is 24.0 Å². The predicted octanol–water partition coefficient (Wildman–Crippen LogP) is 1.83. The Morgan fingerprint density at radius 1 is 1.05 bits per heavy atom. The molecule has 9 heteroatoms. The van der Waals surface area contributed by atoms with Crippen molar-refractivity contribution in [3.8, 4) is 0 Å². The number of nitrogens with one attached hydrogen (secondary N) is 2. The smallest absolute Gasteiger partial charge is 0.340 e. The highest BCUT2D eigenvalue weighted by Gasteiger charge is 2.30. The summed E-state index contributed by atoms with van der Waals surface area (Å²) in [4.78, 5) is 34.5. The lowest BCUT2D eigenvalue weighted by molar-refractivity contribution is -0.154. The number of anilines is 1. The highest BCUT2D eigenvalue weighted by atomic mass is 35.5. The quantitative estimate of drug-likeness (QED) is 0.647. The summed E-state index contributed by atoms with van der Waals surface area (Å²) in [6.45, 7) is 0. The zero-order valence-corrected chi connectivity index (χ0v) is 12.6. The Labute approximate surface area is 130 Å². The van der Waals surface area contributed by atoms with Crippen molar-refractivity contribution in [2.45, 2.75) is 6.04 Å². The SMILES string of the molecule is COC(=O)C(NC(=O)Nc1ccc(Cl)c(Cl)c1)C(=O)OC.